The molecule has 0 N–H and O–H groups in total. The van der Waals surface area contributed by atoms with Gasteiger partial charge >= 0.3 is 0 Å². The molecule has 4 heteroatoms. The summed E-state index contributed by atoms with van der Waals surface area (Å²) >= 11 is 0. The summed E-state index contributed by atoms with van der Waals surface area (Å²) in [5.41, 5.74) is 5.16. The quantitative estimate of drug-likeness (QED) is 0.638. The predicted molar refractivity (Wildman–Crippen MR) is 95.3 cm³/mol. The molecular formula is C20H22FN3. The summed E-state index contributed by atoms with van der Waals surface area (Å²) in [6.45, 7) is 8.51. The molecule has 24 heavy (non-hydrogen) atoms. The van der Waals surface area contributed by atoms with Crippen LogP contribution < -0.4 is 0 Å². The van der Waals surface area contributed by atoms with Crippen molar-refractivity contribution in [2.24, 2.45) is 0 Å². The van der Waals surface area contributed by atoms with Crippen LogP contribution in [0.15, 0.2) is 48.9 Å². The summed E-state index contributed by atoms with van der Waals surface area (Å²) in [7, 11) is 0. The number of hydrogen-bond acceptors (Lipinski definition) is 2. The first-order valence-electron chi connectivity index (χ1n) is 8.26. The Morgan fingerprint density at radius 3 is 2.29 bits per heavy atom. The lowest BCUT2D eigenvalue weighted by molar-refractivity contribution is 0.534. The number of aromatic nitrogens is 3. The first-order valence-corrected chi connectivity index (χ1v) is 8.26. The number of hydrogen-bond donors (Lipinski definition) is 0. The molecule has 0 atom stereocenters. The van der Waals surface area contributed by atoms with Crippen molar-refractivity contribution in [3.8, 4) is 22.4 Å². The average Bonchev–Trinajstić information content (AvgIpc) is 3.01. The second kappa shape index (κ2) is 6.56. The summed E-state index contributed by atoms with van der Waals surface area (Å²) in [6, 6.07) is 8.79. The van der Waals surface area contributed by atoms with Crippen molar-refractivity contribution in [2.45, 2.75) is 39.7 Å². The minimum Gasteiger partial charge on any atom is -0.269 e. The number of halogens is 1. The van der Waals surface area contributed by atoms with Gasteiger partial charge in [-0.15, -0.1) is 0 Å². The van der Waals surface area contributed by atoms with Crippen molar-refractivity contribution in [1.29, 1.82) is 0 Å². The van der Waals surface area contributed by atoms with Crippen LogP contribution in [0.2, 0.25) is 0 Å². The molecule has 0 aliphatic carbocycles. The van der Waals surface area contributed by atoms with Gasteiger partial charge in [0.05, 0.1) is 0 Å². The molecule has 0 bridgehead atoms. The highest BCUT2D eigenvalue weighted by atomic mass is 19.1. The van der Waals surface area contributed by atoms with E-state index in [0.717, 1.165) is 22.4 Å². The topological polar surface area (TPSA) is 30.7 Å². The molecular weight excluding hydrogens is 301 g/mol. The number of benzene rings is 1. The standard InChI is InChI=1S/C20H22FN3/c1-13(2)18-11-22-10-9-17(18)19-12-24(14(3)4)23-20(19)15-5-7-16(21)8-6-15/h5-14H,1-4H3. The zero-order valence-corrected chi connectivity index (χ0v) is 14.5. The molecule has 0 saturated carbocycles. The Labute approximate surface area is 142 Å². The van der Waals surface area contributed by atoms with Gasteiger partial charge in [-0.2, -0.15) is 5.10 Å². The van der Waals surface area contributed by atoms with E-state index in [1.54, 1.807) is 12.1 Å². The van der Waals surface area contributed by atoms with E-state index in [0.29, 0.717) is 5.92 Å². The van der Waals surface area contributed by atoms with Gasteiger partial charge in [0, 0.05) is 35.8 Å². The van der Waals surface area contributed by atoms with Crippen LogP contribution in [-0.2, 0) is 0 Å². The first kappa shape index (κ1) is 16.4. The third kappa shape index (κ3) is 3.09. The Bertz CT molecular complexity index is 832. The fourth-order valence-corrected chi connectivity index (χ4v) is 2.79. The number of pyridine rings is 1. The van der Waals surface area contributed by atoms with Gasteiger partial charge in [-0.25, -0.2) is 4.39 Å². The highest BCUT2D eigenvalue weighted by Gasteiger charge is 2.18. The molecule has 0 radical (unpaired) electrons. The van der Waals surface area contributed by atoms with Gasteiger partial charge in [0.25, 0.3) is 0 Å². The van der Waals surface area contributed by atoms with E-state index < -0.39 is 0 Å². The molecule has 0 aliphatic heterocycles. The van der Waals surface area contributed by atoms with Crippen molar-refractivity contribution in [2.75, 3.05) is 0 Å². The molecule has 2 heterocycles. The second-order valence-electron chi connectivity index (χ2n) is 6.59. The predicted octanol–water partition coefficient (Wildman–Crippen LogP) is 5.46. The summed E-state index contributed by atoms with van der Waals surface area (Å²) in [6.07, 6.45) is 5.80. The van der Waals surface area contributed by atoms with Gasteiger partial charge in [0.1, 0.15) is 11.5 Å². The van der Waals surface area contributed by atoms with Crippen LogP contribution in [0.4, 0.5) is 4.39 Å². The minimum atomic E-state index is -0.240. The zero-order valence-electron chi connectivity index (χ0n) is 14.5. The normalized spacial score (nSPS) is 11.5. The lowest BCUT2D eigenvalue weighted by atomic mass is 9.93. The van der Waals surface area contributed by atoms with E-state index in [9.17, 15) is 4.39 Å². The molecule has 0 saturated heterocycles. The van der Waals surface area contributed by atoms with Crippen molar-refractivity contribution in [3.05, 3.63) is 60.3 Å². The van der Waals surface area contributed by atoms with Crippen molar-refractivity contribution >= 4 is 0 Å². The molecule has 0 unspecified atom stereocenters. The molecule has 0 fully saturated rings. The maximum absolute atomic E-state index is 13.3. The summed E-state index contributed by atoms with van der Waals surface area (Å²) in [4.78, 5) is 4.27. The van der Waals surface area contributed by atoms with Gasteiger partial charge in [-0.05, 0) is 61.2 Å². The highest BCUT2D eigenvalue weighted by Crippen LogP contribution is 2.36. The Balaban J connectivity index is 2.22. The van der Waals surface area contributed by atoms with Crippen LogP contribution in [0.5, 0.6) is 0 Å². The largest absolute Gasteiger partial charge is 0.269 e. The summed E-state index contributed by atoms with van der Waals surface area (Å²) in [5, 5.41) is 4.76. The molecule has 124 valence electrons. The van der Waals surface area contributed by atoms with E-state index in [-0.39, 0.29) is 11.9 Å². The third-order valence-corrected chi connectivity index (χ3v) is 4.14. The lowest BCUT2D eigenvalue weighted by Gasteiger charge is -2.12. The summed E-state index contributed by atoms with van der Waals surface area (Å²) in [5.74, 6) is 0.118. The molecule has 0 amide bonds. The molecule has 0 aliphatic rings. The van der Waals surface area contributed by atoms with Crippen LogP contribution in [0.1, 0.15) is 45.2 Å². The van der Waals surface area contributed by atoms with Crippen LogP contribution in [0, 0.1) is 5.82 Å². The smallest absolute Gasteiger partial charge is 0.123 e. The molecule has 0 spiro atoms. The van der Waals surface area contributed by atoms with E-state index in [2.05, 4.69) is 38.9 Å². The summed E-state index contributed by atoms with van der Waals surface area (Å²) < 4.78 is 15.3. The van der Waals surface area contributed by atoms with Gasteiger partial charge in [-0.3, -0.25) is 9.67 Å². The number of nitrogens with zero attached hydrogens (tertiary/aromatic N) is 3. The second-order valence-corrected chi connectivity index (χ2v) is 6.59. The Morgan fingerprint density at radius 2 is 1.67 bits per heavy atom. The Hall–Kier alpha value is -2.49. The van der Waals surface area contributed by atoms with E-state index in [4.69, 9.17) is 5.10 Å². The Kier molecular flexibility index (Phi) is 4.47. The van der Waals surface area contributed by atoms with Crippen molar-refractivity contribution in [1.82, 2.24) is 14.8 Å². The maximum Gasteiger partial charge on any atom is 0.123 e. The molecule has 2 aromatic heterocycles. The van der Waals surface area contributed by atoms with Gasteiger partial charge < -0.3 is 0 Å². The van der Waals surface area contributed by atoms with Crippen LogP contribution in [0.3, 0.4) is 0 Å². The van der Waals surface area contributed by atoms with Gasteiger partial charge in [-0.1, -0.05) is 13.8 Å². The van der Waals surface area contributed by atoms with Crippen LogP contribution in [-0.4, -0.2) is 14.8 Å². The van der Waals surface area contributed by atoms with Crippen molar-refractivity contribution in [3.63, 3.8) is 0 Å². The molecule has 3 nitrogen and oxygen atoms in total. The zero-order chi connectivity index (χ0) is 17.3. The number of rotatable bonds is 4. The first-order chi connectivity index (χ1) is 11.5. The Morgan fingerprint density at radius 1 is 0.958 bits per heavy atom. The van der Waals surface area contributed by atoms with Gasteiger partial charge in [0.2, 0.25) is 0 Å². The van der Waals surface area contributed by atoms with Crippen LogP contribution >= 0.6 is 0 Å². The lowest BCUT2D eigenvalue weighted by Crippen LogP contribution is -2.00. The minimum absolute atomic E-state index is 0.240. The monoisotopic (exact) mass is 323 g/mol. The SMILES string of the molecule is CC(C)c1cnccc1-c1cn(C(C)C)nc1-c1ccc(F)cc1. The molecule has 1 aromatic carbocycles. The van der Waals surface area contributed by atoms with E-state index in [1.165, 1.54) is 17.7 Å². The molecule has 3 aromatic rings. The van der Waals surface area contributed by atoms with Crippen LogP contribution in [0.25, 0.3) is 22.4 Å². The highest BCUT2D eigenvalue weighted by molar-refractivity contribution is 5.82. The van der Waals surface area contributed by atoms with E-state index in [1.807, 2.05) is 23.1 Å². The average molecular weight is 323 g/mol. The fourth-order valence-electron chi connectivity index (χ4n) is 2.79. The molecule has 3 rings (SSSR count). The van der Waals surface area contributed by atoms with Crippen molar-refractivity contribution < 1.29 is 4.39 Å². The van der Waals surface area contributed by atoms with Gasteiger partial charge in [0.15, 0.2) is 0 Å². The fraction of sp³-hybridized carbons (Fsp3) is 0.300. The maximum atomic E-state index is 13.3. The third-order valence-electron chi connectivity index (χ3n) is 4.14. The van der Waals surface area contributed by atoms with E-state index >= 15 is 0 Å².